The molecule has 1 aliphatic carbocycles. The highest BCUT2D eigenvalue weighted by Crippen LogP contribution is 2.40. The summed E-state index contributed by atoms with van der Waals surface area (Å²) in [5, 5.41) is 1.15. The number of rotatable bonds is 1. The van der Waals surface area contributed by atoms with Crippen molar-refractivity contribution < 1.29 is 0 Å². The maximum absolute atomic E-state index is 6.12. The minimum absolute atomic E-state index is 0.661. The van der Waals surface area contributed by atoms with Gasteiger partial charge >= 0.3 is 0 Å². The average molecular weight is 209 g/mol. The van der Waals surface area contributed by atoms with Crippen molar-refractivity contribution in [2.45, 2.75) is 43.3 Å². The van der Waals surface area contributed by atoms with Gasteiger partial charge in [0.2, 0.25) is 0 Å². The summed E-state index contributed by atoms with van der Waals surface area (Å²) < 4.78 is 2.20. The van der Waals surface area contributed by atoms with Gasteiger partial charge in [-0.3, -0.25) is 0 Å². The van der Waals surface area contributed by atoms with E-state index in [9.17, 15) is 0 Å². The molecule has 1 fully saturated rings. The number of nitrogen functional groups attached to an aromatic ring is 1. The van der Waals surface area contributed by atoms with Crippen LogP contribution in [0.3, 0.4) is 0 Å². The highest BCUT2D eigenvalue weighted by atomic mass is 32.2. The Morgan fingerprint density at radius 3 is 2.86 bits per heavy atom. The highest BCUT2D eigenvalue weighted by Gasteiger charge is 2.27. The third-order valence-corrected chi connectivity index (χ3v) is 4.31. The van der Waals surface area contributed by atoms with Gasteiger partial charge in [0.15, 0.2) is 5.16 Å². The Morgan fingerprint density at radius 2 is 2.21 bits per heavy atom. The van der Waals surface area contributed by atoms with E-state index < -0.39 is 0 Å². The van der Waals surface area contributed by atoms with Gasteiger partial charge in [0.25, 0.3) is 0 Å². The van der Waals surface area contributed by atoms with Crippen molar-refractivity contribution in [1.29, 1.82) is 0 Å². The Kier molecular flexibility index (Phi) is 1.97. The molecule has 0 spiro atoms. The zero-order valence-electron chi connectivity index (χ0n) is 8.20. The number of imidazole rings is 1. The van der Waals surface area contributed by atoms with Gasteiger partial charge in [-0.2, -0.15) is 0 Å². The topological polar surface area (TPSA) is 43.8 Å². The third kappa shape index (κ3) is 1.16. The number of anilines is 1. The van der Waals surface area contributed by atoms with E-state index in [1.54, 1.807) is 0 Å². The summed E-state index contributed by atoms with van der Waals surface area (Å²) in [7, 11) is 0. The molecule has 1 saturated carbocycles. The van der Waals surface area contributed by atoms with E-state index in [1.165, 1.54) is 37.1 Å². The van der Waals surface area contributed by atoms with E-state index in [4.69, 9.17) is 5.73 Å². The van der Waals surface area contributed by atoms with Crippen molar-refractivity contribution in [3.63, 3.8) is 0 Å². The van der Waals surface area contributed by atoms with Crippen LogP contribution in [0.4, 0.5) is 5.82 Å². The minimum Gasteiger partial charge on any atom is -0.384 e. The number of thioether (sulfide) groups is 1. The molecule has 3 rings (SSSR count). The SMILES string of the molecule is Nc1c(C2CCC2)nc2n1CCCS2. The fourth-order valence-electron chi connectivity index (χ4n) is 2.16. The molecule has 0 radical (unpaired) electrons. The van der Waals surface area contributed by atoms with E-state index >= 15 is 0 Å². The van der Waals surface area contributed by atoms with Crippen LogP contribution in [-0.4, -0.2) is 15.3 Å². The summed E-state index contributed by atoms with van der Waals surface area (Å²) in [4.78, 5) is 4.67. The van der Waals surface area contributed by atoms with E-state index in [0.29, 0.717) is 5.92 Å². The van der Waals surface area contributed by atoms with Crippen LogP contribution in [0.1, 0.15) is 37.3 Å². The lowest BCUT2D eigenvalue weighted by Crippen LogP contribution is -2.13. The smallest absolute Gasteiger partial charge is 0.169 e. The summed E-state index contributed by atoms with van der Waals surface area (Å²) in [6.07, 6.45) is 5.14. The lowest BCUT2D eigenvalue weighted by Gasteiger charge is -2.23. The molecule has 14 heavy (non-hydrogen) atoms. The molecule has 0 aromatic carbocycles. The second kappa shape index (κ2) is 3.19. The van der Waals surface area contributed by atoms with Crippen LogP contribution in [0.2, 0.25) is 0 Å². The number of nitrogens with two attached hydrogens (primary N) is 1. The molecule has 76 valence electrons. The van der Waals surface area contributed by atoms with Crippen molar-refractivity contribution in [3.8, 4) is 0 Å². The van der Waals surface area contributed by atoms with Gasteiger partial charge in [-0.05, 0) is 19.3 Å². The van der Waals surface area contributed by atoms with Crippen molar-refractivity contribution in [2.24, 2.45) is 0 Å². The summed E-state index contributed by atoms with van der Waals surface area (Å²) >= 11 is 1.85. The first-order valence-electron chi connectivity index (χ1n) is 5.35. The zero-order valence-corrected chi connectivity index (χ0v) is 9.02. The quantitative estimate of drug-likeness (QED) is 0.771. The Balaban J connectivity index is 2.00. The summed E-state index contributed by atoms with van der Waals surface area (Å²) in [6, 6.07) is 0. The first-order chi connectivity index (χ1) is 6.86. The average Bonchev–Trinajstić information content (AvgIpc) is 2.43. The predicted octanol–water partition coefficient (Wildman–Crippen LogP) is 2.23. The minimum atomic E-state index is 0.661. The van der Waals surface area contributed by atoms with Crippen LogP contribution in [0.25, 0.3) is 0 Å². The van der Waals surface area contributed by atoms with E-state index in [2.05, 4.69) is 9.55 Å². The molecule has 2 heterocycles. The number of fused-ring (bicyclic) bond motifs is 1. The van der Waals surface area contributed by atoms with Crippen LogP contribution < -0.4 is 5.73 Å². The molecule has 0 atom stereocenters. The Hall–Kier alpha value is -0.640. The number of nitrogens with zero attached hydrogens (tertiary/aromatic N) is 2. The van der Waals surface area contributed by atoms with E-state index in [-0.39, 0.29) is 0 Å². The molecule has 1 aromatic heterocycles. The Labute approximate surface area is 88.1 Å². The maximum atomic E-state index is 6.12. The summed E-state index contributed by atoms with van der Waals surface area (Å²) in [6.45, 7) is 1.06. The number of hydrogen-bond donors (Lipinski definition) is 1. The Bertz CT molecular complexity index is 354. The fraction of sp³-hybridized carbons (Fsp3) is 0.700. The standard InChI is InChI=1S/C10H15N3S/c11-9-8(7-3-1-4-7)12-10-13(9)5-2-6-14-10/h7H,1-6,11H2. The van der Waals surface area contributed by atoms with Gasteiger partial charge in [0, 0.05) is 18.2 Å². The molecule has 3 nitrogen and oxygen atoms in total. The van der Waals surface area contributed by atoms with E-state index in [1.807, 2.05) is 11.8 Å². The van der Waals surface area contributed by atoms with Crippen molar-refractivity contribution in [2.75, 3.05) is 11.5 Å². The normalized spacial score (nSPS) is 21.7. The van der Waals surface area contributed by atoms with Crippen molar-refractivity contribution in [3.05, 3.63) is 5.69 Å². The third-order valence-electron chi connectivity index (χ3n) is 3.25. The fourth-order valence-corrected chi connectivity index (χ4v) is 3.12. The van der Waals surface area contributed by atoms with Crippen LogP contribution in [-0.2, 0) is 6.54 Å². The molecule has 1 aliphatic heterocycles. The number of hydrogen-bond acceptors (Lipinski definition) is 3. The zero-order chi connectivity index (χ0) is 9.54. The molecular formula is C10H15N3S. The molecule has 4 heteroatoms. The van der Waals surface area contributed by atoms with Gasteiger partial charge in [0.1, 0.15) is 5.82 Å². The number of aromatic nitrogens is 2. The molecule has 1 aromatic rings. The molecule has 0 amide bonds. The molecule has 2 aliphatic rings. The van der Waals surface area contributed by atoms with Crippen LogP contribution in [0, 0.1) is 0 Å². The van der Waals surface area contributed by atoms with Gasteiger partial charge < -0.3 is 10.3 Å². The molecular weight excluding hydrogens is 194 g/mol. The van der Waals surface area contributed by atoms with Crippen molar-refractivity contribution >= 4 is 17.6 Å². The summed E-state index contributed by atoms with van der Waals surface area (Å²) in [5.74, 6) is 2.80. The Morgan fingerprint density at radius 1 is 1.36 bits per heavy atom. The highest BCUT2D eigenvalue weighted by molar-refractivity contribution is 7.99. The molecule has 2 N–H and O–H groups in total. The lowest BCUT2D eigenvalue weighted by atomic mass is 9.83. The predicted molar refractivity (Wildman–Crippen MR) is 58.6 cm³/mol. The second-order valence-electron chi connectivity index (χ2n) is 4.15. The van der Waals surface area contributed by atoms with Gasteiger partial charge in [0.05, 0.1) is 5.69 Å². The summed E-state index contributed by atoms with van der Waals surface area (Å²) in [5.41, 5.74) is 7.30. The molecule has 0 saturated heterocycles. The first-order valence-corrected chi connectivity index (χ1v) is 6.33. The second-order valence-corrected chi connectivity index (χ2v) is 5.21. The van der Waals surface area contributed by atoms with Gasteiger partial charge in [-0.1, -0.05) is 18.2 Å². The van der Waals surface area contributed by atoms with Crippen LogP contribution >= 0.6 is 11.8 Å². The maximum Gasteiger partial charge on any atom is 0.169 e. The molecule has 0 bridgehead atoms. The van der Waals surface area contributed by atoms with Gasteiger partial charge in [-0.25, -0.2) is 4.98 Å². The van der Waals surface area contributed by atoms with Crippen molar-refractivity contribution in [1.82, 2.24) is 9.55 Å². The molecule has 0 unspecified atom stereocenters. The largest absolute Gasteiger partial charge is 0.384 e. The first kappa shape index (κ1) is 8.65. The van der Waals surface area contributed by atoms with E-state index in [0.717, 1.165) is 17.5 Å². The monoisotopic (exact) mass is 209 g/mol. The van der Waals surface area contributed by atoms with Crippen LogP contribution in [0.5, 0.6) is 0 Å². The lowest BCUT2D eigenvalue weighted by molar-refractivity contribution is 0.412. The van der Waals surface area contributed by atoms with Gasteiger partial charge in [-0.15, -0.1) is 0 Å². The van der Waals surface area contributed by atoms with Crippen LogP contribution in [0.15, 0.2) is 5.16 Å².